The molecule has 1 aliphatic carbocycles. The minimum absolute atomic E-state index is 0.490. The molecule has 1 aliphatic heterocycles. The molecule has 0 bridgehead atoms. The Morgan fingerprint density at radius 2 is 2.64 bits per heavy atom. The second-order valence-electron chi connectivity index (χ2n) is 2.65. The largest absolute Gasteiger partial charge is 0.300 e. The molecule has 1 fully saturated rings. The number of thioether (sulfide) groups is 1. The van der Waals surface area contributed by atoms with E-state index >= 15 is 0 Å². The molecule has 1 atom stereocenters. The fraction of sp³-hybridized carbons (Fsp3) is 0.375. The third-order valence-electron chi connectivity index (χ3n) is 1.95. The van der Waals surface area contributed by atoms with Crippen molar-refractivity contribution in [2.24, 2.45) is 0 Å². The molecule has 58 valence electrons. The number of rotatable bonds is 1. The van der Waals surface area contributed by atoms with Crippen molar-refractivity contribution in [2.45, 2.75) is 12.5 Å². The molecule has 3 heteroatoms. The number of allylic oxidation sites excluding steroid dienone is 2. The summed E-state index contributed by atoms with van der Waals surface area (Å²) in [6.07, 6.45) is 5.85. The van der Waals surface area contributed by atoms with Crippen molar-refractivity contribution in [1.29, 1.82) is 0 Å². The average Bonchev–Trinajstić information content (AvgIpc) is 2.50. The summed E-state index contributed by atoms with van der Waals surface area (Å²) < 4.78 is 0. The summed E-state index contributed by atoms with van der Waals surface area (Å²) >= 11 is 1.80. The van der Waals surface area contributed by atoms with Gasteiger partial charge in [-0.2, -0.15) is 0 Å². The number of nitrogens with one attached hydrogen (secondary N) is 1. The lowest BCUT2D eigenvalue weighted by atomic mass is 10.0. The lowest BCUT2D eigenvalue weighted by Gasteiger charge is -2.12. The third kappa shape index (κ3) is 1.26. The zero-order valence-corrected chi connectivity index (χ0v) is 6.86. The Morgan fingerprint density at radius 3 is 3.45 bits per heavy atom. The summed E-state index contributed by atoms with van der Waals surface area (Å²) in [6, 6.07) is 0.490. The van der Waals surface area contributed by atoms with Gasteiger partial charge in [0.15, 0.2) is 0 Å². The maximum Gasteiger partial charge on any atom is 0.149 e. The third-order valence-corrected chi connectivity index (χ3v) is 2.99. The quantitative estimate of drug-likeness (QED) is 0.592. The van der Waals surface area contributed by atoms with Crippen molar-refractivity contribution in [3.05, 3.63) is 22.6 Å². The van der Waals surface area contributed by atoms with Crippen LogP contribution in [0.25, 0.3) is 0 Å². The van der Waals surface area contributed by atoms with Crippen molar-refractivity contribution >= 4 is 18.0 Å². The summed E-state index contributed by atoms with van der Waals surface area (Å²) in [7, 11) is 0. The zero-order chi connectivity index (χ0) is 7.68. The molecule has 1 N–H and O–H groups in total. The van der Waals surface area contributed by atoms with E-state index in [0.29, 0.717) is 6.04 Å². The van der Waals surface area contributed by atoms with Crippen molar-refractivity contribution in [2.75, 3.05) is 5.88 Å². The monoisotopic (exact) mass is 167 g/mol. The van der Waals surface area contributed by atoms with Crippen LogP contribution in [0.1, 0.15) is 6.42 Å². The topological polar surface area (TPSA) is 29.1 Å². The molecule has 1 saturated heterocycles. The van der Waals surface area contributed by atoms with Crippen LogP contribution >= 0.6 is 11.8 Å². The Labute approximate surface area is 69.7 Å². The number of aldehydes is 1. The number of carbonyl (C=O) groups is 1. The molecular weight excluding hydrogens is 158 g/mol. The molecule has 2 rings (SSSR count). The maximum absolute atomic E-state index is 10.4. The van der Waals surface area contributed by atoms with Gasteiger partial charge in [0, 0.05) is 22.4 Å². The van der Waals surface area contributed by atoms with Gasteiger partial charge in [-0.25, -0.2) is 0 Å². The molecule has 2 aliphatic rings. The van der Waals surface area contributed by atoms with Crippen molar-refractivity contribution in [3.8, 4) is 0 Å². The number of hydrogen-bond donors (Lipinski definition) is 1. The van der Waals surface area contributed by atoms with E-state index in [2.05, 4.69) is 5.32 Å². The molecule has 0 aromatic heterocycles. The summed E-state index contributed by atoms with van der Waals surface area (Å²) in [6.45, 7) is 0. The Kier molecular flexibility index (Phi) is 1.84. The fourth-order valence-electron chi connectivity index (χ4n) is 1.33. The van der Waals surface area contributed by atoms with Gasteiger partial charge in [-0.15, -0.1) is 11.8 Å². The number of carbonyl (C=O) groups excluding carboxylic acids is 1. The highest BCUT2D eigenvalue weighted by Crippen LogP contribution is 2.31. The van der Waals surface area contributed by atoms with E-state index in [4.69, 9.17) is 0 Å². The van der Waals surface area contributed by atoms with Gasteiger partial charge in [0.1, 0.15) is 6.29 Å². The number of fused-ring (bicyclic) bond motifs is 1. The zero-order valence-electron chi connectivity index (χ0n) is 6.04. The minimum atomic E-state index is 0.490. The van der Waals surface area contributed by atoms with Crippen molar-refractivity contribution in [3.63, 3.8) is 0 Å². The normalized spacial score (nSPS) is 28.9. The first-order chi connectivity index (χ1) is 5.40. The van der Waals surface area contributed by atoms with Crippen LogP contribution in [0.15, 0.2) is 22.6 Å². The van der Waals surface area contributed by atoms with E-state index in [1.807, 2.05) is 12.2 Å². The molecule has 0 amide bonds. The number of hydrogen-bond acceptors (Lipinski definition) is 3. The highest BCUT2D eigenvalue weighted by atomic mass is 32.2. The first-order valence-corrected chi connectivity index (χ1v) is 4.62. The van der Waals surface area contributed by atoms with E-state index in [1.165, 1.54) is 4.91 Å². The lowest BCUT2D eigenvalue weighted by Crippen LogP contribution is -2.23. The smallest absolute Gasteiger partial charge is 0.149 e. The maximum atomic E-state index is 10.4. The van der Waals surface area contributed by atoms with E-state index in [1.54, 1.807) is 11.8 Å². The molecule has 1 unspecified atom stereocenters. The Morgan fingerprint density at radius 1 is 1.73 bits per heavy atom. The highest BCUT2D eigenvalue weighted by molar-refractivity contribution is 8.03. The second-order valence-corrected chi connectivity index (χ2v) is 3.70. The molecule has 2 nitrogen and oxygen atoms in total. The van der Waals surface area contributed by atoms with E-state index < -0.39 is 0 Å². The van der Waals surface area contributed by atoms with Crippen LogP contribution in [-0.4, -0.2) is 18.2 Å². The van der Waals surface area contributed by atoms with Crippen LogP contribution in [-0.2, 0) is 4.79 Å². The predicted octanol–water partition coefficient (Wildman–Crippen LogP) is 1.06. The molecule has 0 aromatic carbocycles. The van der Waals surface area contributed by atoms with Gasteiger partial charge in [0.25, 0.3) is 0 Å². The summed E-state index contributed by atoms with van der Waals surface area (Å²) in [5, 5.41) is 3.34. The molecule has 0 radical (unpaired) electrons. The summed E-state index contributed by atoms with van der Waals surface area (Å²) in [5.74, 6) is 0.983. The molecule has 0 saturated carbocycles. The first-order valence-electron chi connectivity index (χ1n) is 3.63. The molecule has 0 spiro atoms. The summed E-state index contributed by atoms with van der Waals surface area (Å²) in [4.78, 5) is 11.7. The highest BCUT2D eigenvalue weighted by Gasteiger charge is 2.22. The SMILES string of the molecule is O=CC1=CCC2NCSC2=C1. The average molecular weight is 167 g/mol. The Hall–Kier alpha value is -0.540. The van der Waals surface area contributed by atoms with Gasteiger partial charge in [0.05, 0.1) is 0 Å². The standard InChI is InChI=1S/C8H9NOS/c10-4-6-1-2-7-8(3-6)11-5-9-7/h1,3-4,7,9H,2,5H2. The molecule has 1 heterocycles. The van der Waals surface area contributed by atoms with Crippen LogP contribution in [0.5, 0.6) is 0 Å². The van der Waals surface area contributed by atoms with Gasteiger partial charge in [-0.05, 0) is 12.5 Å². The lowest BCUT2D eigenvalue weighted by molar-refractivity contribution is -0.104. The molecule has 11 heavy (non-hydrogen) atoms. The van der Waals surface area contributed by atoms with Gasteiger partial charge < -0.3 is 0 Å². The van der Waals surface area contributed by atoms with Crippen LogP contribution in [0.2, 0.25) is 0 Å². The van der Waals surface area contributed by atoms with Gasteiger partial charge in [-0.3, -0.25) is 10.1 Å². The van der Waals surface area contributed by atoms with Crippen LogP contribution in [0.3, 0.4) is 0 Å². The minimum Gasteiger partial charge on any atom is -0.300 e. The van der Waals surface area contributed by atoms with Gasteiger partial charge in [-0.1, -0.05) is 6.08 Å². The molecular formula is C8H9NOS. The van der Waals surface area contributed by atoms with Crippen LogP contribution < -0.4 is 5.32 Å². The predicted molar refractivity (Wildman–Crippen MR) is 46.2 cm³/mol. The molecule has 0 aromatic rings. The van der Waals surface area contributed by atoms with E-state index in [0.717, 1.165) is 24.2 Å². The van der Waals surface area contributed by atoms with E-state index in [-0.39, 0.29) is 0 Å². The van der Waals surface area contributed by atoms with Gasteiger partial charge in [0.2, 0.25) is 0 Å². The fourth-order valence-corrected chi connectivity index (χ4v) is 2.38. The first kappa shape index (κ1) is 7.13. The van der Waals surface area contributed by atoms with Gasteiger partial charge >= 0.3 is 0 Å². The Bertz CT molecular complexity index is 244. The van der Waals surface area contributed by atoms with Crippen LogP contribution in [0.4, 0.5) is 0 Å². The van der Waals surface area contributed by atoms with Crippen molar-refractivity contribution < 1.29 is 4.79 Å². The van der Waals surface area contributed by atoms with Crippen LogP contribution in [0, 0.1) is 0 Å². The second kappa shape index (κ2) is 2.83. The van der Waals surface area contributed by atoms with E-state index in [9.17, 15) is 4.79 Å². The van der Waals surface area contributed by atoms with Crippen molar-refractivity contribution in [1.82, 2.24) is 5.32 Å². The Balaban J connectivity index is 2.23. The summed E-state index contributed by atoms with van der Waals surface area (Å²) in [5.41, 5.74) is 0.826.